The van der Waals surface area contributed by atoms with Gasteiger partial charge in [-0.2, -0.15) is 0 Å². The summed E-state index contributed by atoms with van der Waals surface area (Å²) in [5, 5.41) is 17.8. The van der Waals surface area contributed by atoms with Crippen LogP contribution in [0.5, 0.6) is 0 Å². The summed E-state index contributed by atoms with van der Waals surface area (Å²) < 4.78 is 10.5. The fourth-order valence-electron chi connectivity index (χ4n) is 4.12. The molecule has 2 N–H and O–H groups in total. The van der Waals surface area contributed by atoms with Gasteiger partial charge in [-0.1, -0.05) is 30.3 Å². The molecular weight excluding hydrogens is 494 g/mol. The molecule has 0 saturated carbocycles. The molecule has 2 aromatic carbocycles. The van der Waals surface area contributed by atoms with E-state index in [9.17, 15) is 19.7 Å². The highest BCUT2D eigenvalue weighted by atomic mass is 32.2. The Morgan fingerprint density at radius 1 is 1.03 bits per heavy atom. The number of hydrogen-bond donors (Lipinski definition) is 2. The zero-order valence-corrected chi connectivity index (χ0v) is 21.9. The maximum Gasteiger partial charge on any atom is 0.336 e. The van der Waals surface area contributed by atoms with Crippen molar-refractivity contribution in [1.82, 2.24) is 10.6 Å². The van der Waals surface area contributed by atoms with Crippen molar-refractivity contribution < 1.29 is 24.0 Å². The smallest absolute Gasteiger partial charge is 0.336 e. The number of nitrogens with zero attached hydrogens (tertiary/aromatic N) is 1. The van der Waals surface area contributed by atoms with Gasteiger partial charge in [-0.05, 0) is 44.5 Å². The summed E-state index contributed by atoms with van der Waals surface area (Å²) in [6.07, 6.45) is 0.613. The number of allylic oxidation sites excluding steroid dienone is 2. The fourth-order valence-corrected chi connectivity index (χ4v) is 4.95. The first kappa shape index (κ1) is 27.9. The number of thioether (sulfide) groups is 1. The normalized spacial score (nSPS) is 15.3. The van der Waals surface area contributed by atoms with Gasteiger partial charge in [0.2, 0.25) is 0 Å². The number of nitrogens with one attached hydrogen (secondary N) is 2. The molecule has 0 amide bonds. The third kappa shape index (κ3) is 7.43. The van der Waals surface area contributed by atoms with E-state index < -0.39 is 22.8 Å². The molecule has 37 heavy (non-hydrogen) atoms. The predicted octanol–water partition coefficient (Wildman–Crippen LogP) is 4.32. The average molecular weight is 526 g/mol. The molecule has 1 unspecified atom stereocenters. The maximum absolute atomic E-state index is 13.2. The first-order valence-corrected chi connectivity index (χ1v) is 12.9. The van der Waals surface area contributed by atoms with Crippen molar-refractivity contribution in [3.63, 3.8) is 0 Å². The largest absolute Gasteiger partial charge is 0.466 e. The van der Waals surface area contributed by atoms with E-state index in [-0.39, 0.29) is 23.4 Å². The van der Waals surface area contributed by atoms with Crippen molar-refractivity contribution >= 4 is 29.4 Å². The van der Waals surface area contributed by atoms with Gasteiger partial charge in [-0.15, -0.1) is 11.8 Å². The number of ether oxygens (including phenoxy) is 2. The van der Waals surface area contributed by atoms with Crippen molar-refractivity contribution in [2.45, 2.75) is 31.1 Å². The Kier molecular flexibility index (Phi) is 10.3. The van der Waals surface area contributed by atoms with Gasteiger partial charge in [0, 0.05) is 40.7 Å². The van der Waals surface area contributed by atoms with Gasteiger partial charge >= 0.3 is 11.9 Å². The number of methoxy groups -OCH3 is 1. The molecule has 0 bridgehead atoms. The lowest BCUT2D eigenvalue weighted by Gasteiger charge is -2.30. The molecule has 9 nitrogen and oxygen atoms in total. The van der Waals surface area contributed by atoms with Crippen LogP contribution in [0.25, 0.3) is 0 Å². The Labute approximate surface area is 220 Å². The topological polar surface area (TPSA) is 120 Å². The molecule has 1 aliphatic rings. The zero-order chi connectivity index (χ0) is 26.8. The van der Waals surface area contributed by atoms with Crippen molar-refractivity contribution in [3.8, 4) is 0 Å². The van der Waals surface area contributed by atoms with Crippen LogP contribution in [0.15, 0.2) is 82.0 Å². The van der Waals surface area contributed by atoms with Crippen molar-refractivity contribution in [2.75, 3.05) is 32.6 Å². The number of non-ortho nitro benzene ring substituents is 1. The third-order valence-electron chi connectivity index (χ3n) is 5.82. The number of esters is 2. The Morgan fingerprint density at radius 3 is 2.41 bits per heavy atom. The average Bonchev–Trinajstić information content (AvgIpc) is 2.89. The van der Waals surface area contributed by atoms with Crippen LogP contribution in [0, 0.1) is 10.1 Å². The van der Waals surface area contributed by atoms with Crippen molar-refractivity contribution in [2.24, 2.45) is 0 Å². The first-order chi connectivity index (χ1) is 17.8. The molecule has 0 aromatic heterocycles. The molecule has 1 aliphatic heterocycles. The van der Waals surface area contributed by atoms with Crippen LogP contribution >= 0.6 is 11.8 Å². The minimum atomic E-state index is -0.866. The number of nitro benzene ring substituents is 1. The van der Waals surface area contributed by atoms with E-state index in [1.54, 1.807) is 31.7 Å². The Balaban J connectivity index is 1.64. The molecular formula is C27H31N3O6S. The molecule has 3 rings (SSSR count). The molecule has 0 fully saturated rings. The third-order valence-corrected chi connectivity index (χ3v) is 6.84. The van der Waals surface area contributed by atoms with Gasteiger partial charge < -0.3 is 20.1 Å². The summed E-state index contributed by atoms with van der Waals surface area (Å²) in [5.74, 6) is -1.16. The standard InChI is InChI=1S/C27H31N3O6S/c1-18-23(26(31)35-3)25(20-9-7-10-21(17-20)30(33)34)24(19(2)29-18)27(32)36-15-8-13-28-14-16-37-22-11-5-4-6-12-22/h4-7,9-12,17,25,28-29H,8,13-16H2,1-3H3. The molecule has 0 saturated heterocycles. The zero-order valence-electron chi connectivity index (χ0n) is 21.1. The maximum atomic E-state index is 13.2. The second-order valence-corrected chi connectivity index (χ2v) is 9.55. The SMILES string of the molecule is COC(=O)C1=C(C)NC(C)=C(C(=O)OCCCNCCSc2ccccc2)C1c1cccc([N+](=O)[O-])c1. The van der Waals surface area contributed by atoms with Crippen LogP contribution in [-0.4, -0.2) is 49.4 Å². The van der Waals surface area contributed by atoms with Crippen LogP contribution in [0.1, 0.15) is 31.7 Å². The van der Waals surface area contributed by atoms with Gasteiger partial charge in [0.1, 0.15) is 0 Å². The fraction of sp³-hybridized carbons (Fsp3) is 0.333. The predicted molar refractivity (Wildman–Crippen MR) is 142 cm³/mol. The number of carbonyl (C=O) groups excluding carboxylic acids is 2. The highest BCUT2D eigenvalue weighted by Gasteiger charge is 2.38. The summed E-state index contributed by atoms with van der Waals surface area (Å²) in [6, 6.07) is 16.1. The second-order valence-electron chi connectivity index (χ2n) is 8.38. The molecule has 196 valence electrons. The number of carbonyl (C=O) groups is 2. The van der Waals surface area contributed by atoms with Crippen LogP contribution < -0.4 is 10.6 Å². The van der Waals surface area contributed by atoms with Gasteiger partial charge in [0.25, 0.3) is 5.69 Å². The van der Waals surface area contributed by atoms with E-state index >= 15 is 0 Å². The molecule has 0 aliphatic carbocycles. The summed E-state index contributed by atoms with van der Waals surface area (Å²) in [7, 11) is 1.25. The quantitative estimate of drug-likeness (QED) is 0.137. The van der Waals surface area contributed by atoms with Gasteiger partial charge in [-0.25, -0.2) is 9.59 Å². The number of benzene rings is 2. The second kappa shape index (κ2) is 13.6. The minimum absolute atomic E-state index is 0.139. The van der Waals surface area contributed by atoms with Gasteiger partial charge in [0.15, 0.2) is 0 Å². The Hall–Kier alpha value is -3.63. The summed E-state index contributed by atoms with van der Waals surface area (Å²) in [4.78, 5) is 38.0. The Morgan fingerprint density at radius 2 is 1.73 bits per heavy atom. The summed E-state index contributed by atoms with van der Waals surface area (Å²) in [6.45, 7) is 5.10. The van der Waals surface area contributed by atoms with Gasteiger partial charge in [-0.3, -0.25) is 10.1 Å². The highest BCUT2D eigenvalue weighted by molar-refractivity contribution is 7.99. The highest BCUT2D eigenvalue weighted by Crippen LogP contribution is 2.40. The van der Waals surface area contributed by atoms with E-state index in [2.05, 4.69) is 22.8 Å². The molecule has 1 atom stereocenters. The van der Waals surface area contributed by atoms with E-state index in [1.807, 2.05) is 18.2 Å². The van der Waals surface area contributed by atoms with Crippen molar-refractivity contribution in [3.05, 3.63) is 92.8 Å². The summed E-state index contributed by atoms with van der Waals surface area (Å²) >= 11 is 1.77. The number of hydrogen-bond acceptors (Lipinski definition) is 9. The number of nitro groups is 1. The molecule has 0 radical (unpaired) electrons. The van der Waals surface area contributed by atoms with E-state index in [1.165, 1.54) is 30.2 Å². The molecule has 0 spiro atoms. The number of rotatable bonds is 12. The molecule has 2 aromatic rings. The monoisotopic (exact) mass is 525 g/mol. The summed E-state index contributed by atoms with van der Waals surface area (Å²) in [5.41, 5.74) is 1.74. The lowest BCUT2D eigenvalue weighted by molar-refractivity contribution is -0.384. The minimum Gasteiger partial charge on any atom is -0.466 e. The van der Waals surface area contributed by atoms with Crippen molar-refractivity contribution in [1.29, 1.82) is 0 Å². The van der Waals surface area contributed by atoms with E-state index in [4.69, 9.17) is 9.47 Å². The van der Waals surface area contributed by atoms with E-state index in [0.717, 1.165) is 12.3 Å². The van der Waals surface area contributed by atoms with Crippen LogP contribution in [0.2, 0.25) is 0 Å². The molecule has 10 heteroatoms. The lowest BCUT2D eigenvalue weighted by atomic mass is 9.80. The Bertz CT molecular complexity index is 1200. The van der Waals surface area contributed by atoms with Crippen LogP contribution in [0.4, 0.5) is 5.69 Å². The molecule has 1 heterocycles. The first-order valence-electron chi connectivity index (χ1n) is 11.9. The lowest BCUT2D eigenvalue weighted by Crippen LogP contribution is -2.32. The van der Waals surface area contributed by atoms with E-state index in [0.29, 0.717) is 29.9 Å². The van der Waals surface area contributed by atoms with Gasteiger partial charge in [0.05, 0.1) is 35.7 Å². The van der Waals surface area contributed by atoms with Crippen LogP contribution in [-0.2, 0) is 19.1 Å². The number of dihydropyridines is 1. The van der Waals surface area contributed by atoms with Crippen LogP contribution in [0.3, 0.4) is 0 Å².